The third-order valence-electron chi connectivity index (χ3n) is 1.77. The van der Waals surface area contributed by atoms with Crippen molar-refractivity contribution in [2.45, 2.75) is 6.61 Å². The van der Waals surface area contributed by atoms with E-state index in [0.717, 1.165) is 10.2 Å². The van der Waals surface area contributed by atoms with Gasteiger partial charge in [0.25, 0.3) is 6.01 Å². The molecule has 0 saturated carbocycles. The van der Waals surface area contributed by atoms with Crippen LogP contribution >= 0.6 is 15.9 Å². The molecule has 0 saturated heterocycles. The van der Waals surface area contributed by atoms with Crippen LogP contribution in [0, 0.1) is 0 Å². The monoisotopic (exact) mass is 268 g/mol. The van der Waals surface area contributed by atoms with Crippen LogP contribution in [0.15, 0.2) is 39.4 Å². The molecule has 15 heavy (non-hydrogen) atoms. The van der Waals surface area contributed by atoms with Gasteiger partial charge in [0.1, 0.15) is 12.4 Å². The second kappa shape index (κ2) is 4.35. The summed E-state index contributed by atoms with van der Waals surface area (Å²) in [5.41, 5.74) is 5.33. The lowest BCUT2D eigenvalue weighted by atomic mass is 10.3. The topological polar surface area (TPSA) is 61.3 Å². The van der Waals surface area contributed by atoms with Crippen molar-refractivity contribution in [3.05, 3.63) is 40.7 Å². The minimum Gasteiger partial charge on any atom is -0.486 e. The molecule has 0 fully saturated rings. The van der Waals surface area contributed by atoms with Crippen LogP contribution in [-0.4, -0.2) is 4.98 Å². The van der Waals surface area contributed by atoms with Gasteiger partial charge in [-0.15, -0.1) is 0 Å². The van der Waals surface area contributed by atoms with E-state index >= 15 is 0 Å². The van der Waals surface area contributed by atoms with Crippen LogP contribution in [0.25, 0.3) is 0 Å². The molecule has 4 nitrogen and oxygen atoms in total. The van der Waals surface area contributed by atoms with Gasteiger partial charge in [0, 0.05) is 4.47 Å². The predicted octanol–water partition coefficient (Wildman–Crippen LogP) is 2.60. The minimum absolute atomic E-state index is 0.157. The molecule has 1 heterocycles. The molecular weight excluding hydrogens is 260 g/mol. The van der Waals surface area contributed by atoms with Gasteiger partial charge in [0.05, 0.1) is 6.20 Å². The van der Waals surface area contributed by atoms with Crippen molar-refractivity contribution in [2.75, 3.05) is 5.73 Å². The molecule has 0 amide bonds. The molecule has 1 aromatic carbocycles. The summed E-state index contributed by atoms with van der Waals surface area (Å²) in [5, 5.41) is 0. The smallest absolute Gasteiger partial charge is 0.292 e. The fourth-order valence-corrected chi connectivity index (χ4v) is 1.34. The number of oxazole rings is 1. The molecule has 2 rings (SSSR count). The van der Waals surface area contributed by atoms with Gasteiger partial charge >= 0.3 is 0 Å². The average Bonchev–Trinajstić information content (AvgIpc) is 2.64. The van der Waals surface area contributed by atoms with Gasteiger partial charge < -0.3 is 14.9 Å². The van der Waals surface area contributed by atoms with Crippen LogP contribution in [0.1, 0.15) is 5.76 Å². The Kier molecular flexibility index (Phi) is 2.91. The normalized spacial score (nSPS) is 10.2. The van der Waals surface area contributed by atoms with E-state index in [1.54, 1.807) is 6.20 Å². The Hall–Kier alpha value is -1.49. The van der Waals surface area contributed by atoms with E-state index in [1.807, 2.05) is 24.3 Å². The number of nitrogen functional groups attached to an aromatic ring is 1. The highest BCUT2D eigenvalue weighted by molar-refractivity contribution is 9.10. The van der Waals surface area contributed by atoms with Gasteiger partial charge in [-0.25, -0.2) is 4.98 Å². The molecule has 0 aliphatic heterocycles. The van der Waals surface area contributed by atoms with Crippen molar-refractivity contribution >= 4 is 21.9 Å². The van der Waals surface area contributed by atoms with Crippen molar-refractivity contribution in [3.8, 4) is 5.75 Å². The Morgan fingerprint density at radius 3 is 2.67 bits per heavy atom. The lowest BCUT2D eigenvalue weighted by molar-refractivity contribution is 0.272. The first-order valence-electron chi connectivity index (χ1n) is 4.32. The number of ether oxygens (including phenoxy) is 1. The molecule has 0 spiro atoms. The molecule has 78 valence electrons. The maximum absolute atomic E-state index is 5.45. The van der Waals surface area contributed by atoms with E-state index in [9.17, 15) is 0 Å². The number of halogens is 1. The number of nitrogens with two attached hydrogens (primary N) is 1. The van der Waals surface area contributed by atoms with Crippen molar-refractivity contribution < 1.29 is 9.15 Å². The molecule has 1 aromatic heterocycles. The number of rotatable bonds is 3. The van der Waals surface area contributed by atoms with Gasteiger partial charge in [0.2, 0.25) is 0 Å². The van der Waals surface area contributed by atoms with E-state index in [2.05, 4.69) is 20.9 Å². The summed E-state index contributed by atoms with van der Waals surface area (Å²) in [6.07, 6.45) is 1.55. The highest BCUT2D eigenvalue weighted by atomic mass is 79.9. The highest BCUT2D eigenvalue weighted by Crippen LogP contribution is 2.17. The molecule has 0 radical (unpaired) electrons. The number of hydrogen-bond donors (Lipinski definition) is 1. The molecule has 2 N–H and O–H groups in total. The number of aromatic nitrogens is 1. The summed E-state index contributed by atoms with van der Waals surface area (Å²) >= 11 is 3.34. The molecule has 0 aliphatic rings. The zero-order valence-corrected chi connectivity index (χ0v) is 9.40. The predicted molar refractivity (Wildman–Crippen MR) is 59.4 cm³/mol. The summed E-state index contributed by atoms with van der Waals surface area (Å²) in [6, 6.07) is 7.70. The van der Waals surface area contributed by atoms with E-state index in [1.165, 1.54) is 0 Å². The third-order valence-corrected chi connectivity index (χ3v) is 2.29. The first kappa shape index (κ1) is 10.0. The molecule has 0 aliphatic carbocycles. The van der Waals surface area contributed by atoms with Crippen LogP contribution < -0.4 is 10.5 Å². The maximum atomic E-state index is 5.45. The summed E-state index contributed by atoms with van der Waals surface area (Å²) in [5.74, 6) is 1.38. The summed E-state index contributed by atoms with van der Waals surface area (Å²) in [7, 11) is 0. The summed E-state index contributed by atoms with van der Waals surface area (Å²) < 4.78 is 11.5. The van der Waals surface area contributed by atoms with Crippen LogP contribution in [0.3, 0.4) is 0 Å². The Labute approximate surface area is 95.2 Å². The first-order valence-corrected chi connectivity index (χ1v) is 5.12. The Morgan fingerprint density at radius 1 is 1.33 bits per heavy atom. The fourth-order valence-electron chi connectivity index (χ4n) is 1.07. The fraction of sp³-hybridized carbons (Fsp3) is 0.100. The molecular formula is C10H9BrN2O2. The highest BCUT2D eigenvalue weighted by Gasteiger charge is 2.01. The van der Waals surface area contributed by atoms with E-state index in [0.29, 0.717) is 12.4 Å². The number of hydrogen-bond acceptors (Lipinski definition) is 4. The molecule has 0 atom stereocenters. The van der Waals surface area contributed by atoms with Crippen molar-refractivity contribution in [3.63, 3.8) is 0 Å². The van der Waals surface area contributed by atoms with Crippen LogP contribution in [0.5, 0.6) is 5.75 Å². The number of benzene rings is 1. The molecule has 5 heteroatoms. The second-order valence-corrected chi connectivity index (χ2v) is 3.82. The third kappa shape index (κ3) is 2.73. The standard InChI is InChI=1S/C10H9BrN2O2/c11-7-1-3-8(4-2-7)14-6-9-5-13-10(12)15-9/h1-5H,6H2,(H2,12,13). The quantitative estimate of drug-likeness (QED) is 0.930. The first-order chi connectivity index (χ1) is 7.24. The largest absolute Gasteiger partial charge is 0.486 e. The second-order valence-electron chi connectivity index (χ2n) is 2.91. The number of nitrogens with zero attached hydrogens (tertiary/aromatic N) is 1. The zero-order chi connectivity index (χ0) is 10.7. The van der Waals surface area contributed by atoms with Crippen LogP contribution in [0.2, 0.25) is 0 Å². The van der Waals surface area contributed by atoms with Crippen molar-refractivity contribution in [2.24, 2.45) is 0 Å². The lowest BCUT2D eigenvalue weighted by Crippen LogP contribution is -1.93. The van der Waals surface area contributed by atoms with Gasteiger partial charge in [-0.3, -0.25) is 0 Å². The minimum atomic E-state index is 0.157. The van der Waals surface area contributed by atoms with Gasteiger partial charge in [-0.05, 0) is 24.3 Å². The Balaban J connectivity index is 1.96. The zero-order valence-electron chi connectivity index (χ0n) is 7.81. The summed E-state index contributed by atoms with van der Waals surface area (Å²) in [4.78, 5) is 3.77. The van der Waals surface area contributed by atoms with E-state index in [4.69, 9.17) is 14.9 Å². The van der Waals surface area contributed by atoms with Crippen LogP contribution in [-0.2, 0) is 6.61 Å². The molecule has 2 aromatic rings. The molecule has 0 unspecified atom stereocenters. The van der Waals surface area contributed by atoms with E-state index in [-0.39, 0.29) is 6.01 Å². The Bertz CT molecular complexity index is 439. The van der Waals surface area contributed by atoms with Gasteiger partial charge in [0.15, 0.2) is 5.76 Å². The summed E-state index contributed by atoms with van der Waals surface area (Å²) in [6.45, 7) is 0.325. The van der Waals surface area contributed by atoms with Crippen molar-refractivity contribution in [1.29, 1.82) is 0 Å². The van der Waals surface area contributed by atoms with E-state index < -0.39 is 0 Å². The SMILES string of the molecule is Nc1ncc(COc2ccc(Br)cc2)o1. The lowest BCUT2D eigenvalue weighted by Gasteiger charge is -2.02. The van der Waals surface area contributed by atoms with Gasteiger partial charge in [-0.2, -0.15) is 0 Å². The number of anilines is 1. The average molecular weight is 269 g/mol. The maximum Gasteiger partial charge on any atom is 0.292 e. The molecule has 0 bridgehead atoms. The van der Waals surface area contributed by atoms with Crippen LogP contribution in [0.4, 0.5) is 6.01 Å². The van der Waals surface area contributed by atoms with Gasteiger partial charge in [-0.1, -0.05) is 15.9 Å². The Morgan fingerprint density at radius 2 is 2.07 bits per heavy atom. The van der Waals surface area contributed by atoms with Crippen molar-refractivity contribution in [1.82, 2.24) is 4.98 Å².